The molecule has 0 aliphatic carbocycles. The zero-order valence-corrected chi connectivity index (χ0v) is 15.0. The Morgan fingerprint density at radius 2 is 2.23 bits per heavy atom. The van der Waals surface area contributed by atoms with E-state index in [4.69, 9.17) is 15.0 Å². The molecule has 0 radical (unpaired) electrons. The van der Waals surface area contributed by atoms with Gasteiger partial charge in [0.2, 0.25) is 0 Å². The molecule has 2 atom stereocenters. The molecule has 8 heteroatoms. The first-order chi connectivity index (χ1) is 12.3. The highest BCUT2D eigenvalue weighted by molar-refractivity contribution is 5.68. The fraction of sp³-hybridized carbons (Fsp3) is 0.500. The summed E-state index contributed by atoms with van der Waals surface area (Å²) in [6.45, 7) is 5.88. The molecule has 26 heavy (non-hydrogen) atoms. The summed E-state index contributed by atoms with van der Waals surface area (Å²) < 4.78 is 24.1. The van der Waals surface area contributed by atoms with Crippen molar-refractivity contribution in [2.75, 3.05) is 19.7 Å². The van der Waals surface area contributed by atoms with Crippen LogP contribution in [0.1, 0.15) is 26.3 Å². The maximum atomic E-state index is 13.1. The van der Waals surface area contributed by atoms with Gasteiger partial charge in [0.05, 0.1) is 18.7 Å². The first-order valence-corrected chi connectivity index (χ1v) is 8.16. The standard InChI is InChI=1S/C18H21FN4O3/c1-18(2,3)26-17(24)23-11-15(21-22-20)16(12-23)25-9-5-7-13-6-4-8-14(19)10-13/h4,6,8,10,15-16H,9,11-12H2,1-3H3/t15?,16-/m0/s1. The molecule has 1 aromatic carbocycles. The van der Waals surface area contributed by atoms with E-state index in [2.05, 4.69) is 21.9 Å². The second kappa shape index (κ2) is 8.56. The van der Waals surface area contributed by atoms with E-state index >= 15 is 0 Å². The van der Waals surface area contributed by atoms with Crippen LogP contribution in [0.2, 0.25) is 0 Å². The summed E-state index contributed by atoms with van der Waals surface area (Å²) in [5.74, 6) is 5.23. The van der Waals surface area contributed by atoms with E-state index in [-0.39, 0.29) is 25.5 Å². The van der Waals surface area contributed by atoms with E-state index in [0.29, 0.717) is 5.56 Å². The number of hydrogen-bond acceptors (Lipinski definition) is 4. The molecular weight excluding hydrogens is 339 g/mol. The van der Waals surface area contributed by atoms with E-state index in [1.807, 2.05) is 0 Å². The Morgan fingerprint density at radius 1 is 1.46 bits per heavy atom. The first-order valence-electron chi connectivity index (χ1n) is 8.16. The molecule has 2 rings (SSSR count). The van der Waals surface area contributed by atoms with Crippen molar-refractivity contribution in [1.29, 1.82) is 0 Å². The van der Waals surface area contributed by atoms with Crippen molar-refractivity contribution >= 4 is 6.09 Å². The lowest BCUT2D eigenvalue weighted by Gasteiger charge is -2.24. The van der Waals surface area contributed by atoms with Crippen molar-refractivity contribution in [3.8, 4) is 11.8 Å². The lowest BCUT2D eigenvalue weighted by molar-refractivity contribution is 0.0236. The van der Waals surface area contributed by atoms with Crippen LogP contribution in [0, 0.1) is 17.7 Å². The summed E-state index contributed by atoms with van der Waals surface area (Å²) in [6.07, 6.45) is -0.951. The number of carbonyl (C=O) groups excluding carboxylic acids is 1. The lowest BCUT2D eigenvalue weighted by Crippen LogP contribution is -2.36. The van der Waals surface area contributed by atoms with Gasteiger partial charge in [0.15, 0.2) is 0 Å². The number of azide groups is 1. The molecule has 1 aliphatic heterocycles. The number of ether oxygens (including phenoxy) is 2. The number of carbonyl (C=O) groups is 1. The van der Waals surface area contributed by atoms with Crippen molar-refractivity contribution in [3.63, 3.8) is 0 Å². The highest BCUT2D eigenvalue weighted by atomic mass is 19.1. The molecule has 7 nitrogen and oxygen atoms in total. The summed E-state index contributed by atoms with van der Waals surface area (Å²) in [6, 6.07) is 5.43. The number of likely N-dealkylation sites (tertiary alicyclic amines) is 1. The van der Waals surface area contributed by atoms with Gasteiger partial charge in [-0.25, -0.2) is 9.18 Å². The largest absolute Gasteiger partial charge is 0.444 e. The molecule has 0 N–H and O–H groups in total. The predicted octanol–water partition coefficient (Wildman–Crippen LogP) is 3.49. The highest BCUT2D eigenvalue weighted by Crippen LogP contribution is 2.20. The highest BCUT2D eigenvalue weighted by Gasteiger charge is 2.37. The summed E-state index contributed by atoms with van der Waals surface area (Å²) in [5.41, 5.74) is 8.64. The minimum atomic E-state index is -0.611. The van der Waals surface area contributed by atoms with Gasteiger partial charge in [0, 0.05) is 17.0 Å². The number of rotatable bonds is 3. The predicted molar refractivity (Wildman–Crippen MR) is 93.8 cm³/mol. The van der Waals surface area contributed by atoms with Gasteiger partial charge in [-0.1, -0.05) is 23.0 Å². The number of amides is 1. The van der Waals surface area contributed by atoms with Crippen LogP contribution in [-0.4, -0.2) is 48.4 Å². The Bertz CT molecular complexity index is 760. The molecule has 0 aromatic heterocycles. The summed E-state index contributed by atoms with van der Waals surface area (Å²) >= 11 is 0. The molecule has 138 valence electrons. The molecule has 1 fully saturated rings. The molecule has 1 aromatic rings. The zero-order chi connectivity index (χ0) is 19.2. The summed E-state index contributed by atoms with van der Waals surface area (Å²) in [4.78, 5) is 16.4. The van der Waals surface area contributed by atoms with Gasteiger partial charge in [0.25, 0.3) is 0 Å². The van der Waals surface area contributed by atoms with Crippen molar-refractivity contribution in [2.45, 2.75) is 38.5 Å². The quantitative estimate of drug-likeness (QED) is 0.358. The average molecular weight is 360 g/mol. The second-order valence-corrected chi connectivity index (χ2v) is 6.82. The molecule has 1 heterocycles. The van der Waals surface area contributed by atoms with E-state index in [1.54, 1.807) is 32.9 Å². The average Bonchev–Trinajstić information content (AvgIpc) is 2.94. The van der Waals surface area contributed by atoms with Crippen molar-refractivity contribution in [2.24, 2.45) is 5.11 Å². The SMILES string of the molecule is CC(C)(C)OC(=O)N1CC(N=[N+]=[N-])[C@@H](OCC#Cc2cccc(F)c2)C1. The summed E-state index contributed by atoms with van der Waals surface area (Å²) in [5, 5.41) is 3.69. The van der Waals surface area contributed by atoms with Crippen LogP contribution in [-0.2, 0) is 9.47 Å². The van der Waals surface area contributed by atoms with Gasteiger partial charge in [-0.05, 0) is 44.5 Å². The van der Waals surface area contributed by atoms with Gasteiger partial charge >= 0.3 is 6.09 Å². The van der Waals surface area contributed by atoms with E-state index in [9.17, 15) is 9.18 Å². The third-order valence-corrected chi connectivity index (χ3v) is 3.52. The van der Waals surface area contributed by atoms with Gasteiger partial charge < -0.3 is 14.4 Å². The Labute approximate surface area is 151 Å². The molecule has 1 aliphatic rings. The van der Waals surface area contributed by atoms with E-state index < -0.39 is 23.8 Å². The molecule has 0 bridgehead atoms. The third-order valence-electron chi connectivity index (χ3n) is 3.52. The van der Waals surface area contributed by atoms with E-state index in [1.165, 1.54) is 17.0 Å². The van der Waals surface area contributed by atoms with Crippen molar-refractivity contribution in [1.82, 2.24) is 4.90 Å². The van der Waals surface area contributed by atoms with Crippen LogP contribution in [0.4, 0.5) is 9.18 Å². The van der Waals surface area contributed by atoms with Crippen LogP contribution < -0.4 is 0 Å². The molecule has 1 saturated heterocycles. The molecular formula is C18H21FN4O3. The van der Waals surface area contributed by atoms with Crippen molar-refractivity contribution in [3.05, 3.63) is 46.1 Å². The number of nitrogens with zero attached hydrogens (tertiary/aromatic N) is 4. The van der Waals surface area contributed by atoms with Crippen molar-refractivity contribution < 1.29 is 18.7 Å². The Kier molecular flexibility index (Phi) is 6.45. The van der Waals surface area contributed by atoms with Gasteiger partial charge in [-0.3, -0.25) is 0 Å². The fourth-order valence-corrected chi connectivity index (χ4v) is 2.43. The van der Waals surface area contributed by atoms with Gasteiger partial charge in [-0.15, -0.1) is 0 Å². The van der Waals surface area contributed by atoms with Gasteiger partial charge in [-0.2, -0.15) is 0 Å². The minimum Gasteiger partial charge on any atom is -0.444 e. The zero-order valence-electron chi connectivity index (χ0n) is 15.0. The van der Waals surface area contributed by atoms with Crippen LogP contribution >= 0.6 is 0 Å². The van der Waals surface area contributed by atoms with Crippen LogP contribution in [0.15, 0.2) is 29.4 Å². The Morgan fingerprint density at radius 3 is 2.88 bits per heavy atom. The second-order valence-electron chi connectivity index (χ2n) is 6.82. The first kappa shape index (κ1) is 19.6. The van der Waals surface area contributed by atoms with Crippen LogP contribution in [0.3, 0.4) is 0 Å². The smallest absolute Gasteiger partial charge is 0.410 e. The maximum Gasteiger partial charge on any atom is 0.410 e. The van der Waals surface area contributed by atoms with Crippen LogP contribution in [0.5, 0.6) is 0 Å². The minimum absolute atomic E-state index is 0.0702. The fourth-order valence-electron chi connectivity index (χ4n) is 2.43. The topological polar surface area (TPSA) is 87.5 Å². The maximum absolute atomic E-state index is 13.1. The number of benzene rings is 1. The lowest BCUT2D eigenvalue weighted by atomic mass is 10.2. The Balaban J connectivity index is 1.94. The molecule has 1 unspecified atom stereocenters. The third kappa shape index (κ3) is 5.96. The molecule has 0 saturated carbocycles. The summed E-state index contributed by atoms with van der Waals surface area (Å²) in [7, 11) is 0. The number of hydrogen-bond donors (Lipinski definition) is 0. The van der Waals surface area contributed by atoms with E-state index in [0.717, 1.165) is 0 Å². The monoisotopic (exact) mass is 360 g/mol. The molecule has 0 spiro atoms. The Hall–Kier alpha value is -2.75. The van der Waals surface area contributed by atoms with Crippen LogP contribution in [0.25, 0.3) is 10.4 Å². The number of halogens is 1. The molecule has 1 amide bonds. The normalized spacial score (nSPS) is 19.3. The van der Waals surface area contributed by atoms with Gasteiger partial charge in [0.1, 0.15) is 18.0 Å².